The number of rotatable bonds is 3. The van der Waals surface area contributed by atoms with Crippen molar-refractivity contribution in [2.24, 2.45) is 23.5 Å². The largest absolute Gasteiger partial charge is 0.340 e. The Kier molecular flexibility index (Phi) is 5.42. The summed E-state index contributed by atoms with van der Waals surface area (Å²) in [6, 6.07) is 4.19. The van der Waals surface area contributed by atoms with Crippen LogP contribution in [0.5, 0.6) is 0 Å². The number of pyridine rings is 1. The highest BCUT2D eigenvalue weighted by atomic mass is 35.5. The minimum absolute atomic E-state index is 0. The van der Waals surface area contributed by atoms with Gasteiger partial charge in [-0.25, -0.2) is 0 Å². The van der Waals surface area contributed by atoms with Crippen molar-refractivity contribution in [2.45, 2.75) is 31.8 Å². The van der Waals surface area contributed by atoms with E-state index < -0.39 is 0 Å². The van der Waals surface area contributed by atoms with Crippen molar-refractivity contribution >= 4 is 18.3 Å². The summed E-state index contributed by atoms with van der Waals surface area (Å²) in [5.74, 6) is 1.57. The molecule has 4 atom stereocenters. The number of fused-ring (bicyclic) bond motifs is 2. The number of carbonyl (C=O) groups excluding carboxylic acids is 1. The fourth-order valence-electron chi connectivity index (χ4n) is 4.79. The molecule has 2 aliphatic carbocycles. The molecule has 1 aromatic heterocycles. The maximum absolute atomic E-state index is 12.9. The molecule has 2 N–H and O–H groups in total. The zero-order chi connectivity index (χ0) is 15.8. The second-order valence-electron chi connectivity index (χ2n) is 7.40. The Morgan fingerprint density at radius 1 is 1.21 bits per heavy atom. The molecule has 2 bridgehead atoms. The number of aromatic nitrogens is 1. The molecule has 6 heteroatoms. The number of nitrogens with zero attached hydrogens (tertiary/aromatic N) is 3. The molecule has 1 aliphatic heterocycles. The lowest BCUT2D eigenvalue weighted by atomic mass is 9.84. The highest BCUT2D eigenvalue weighted by Gasteiger charge is 2.50. The van der Waals surface area contributed by atoms with Crippen molar-refractivity contribution in [3.8, 4) is 0 Å². The van der Waals surface area contributed by atoms with E-state index in [0.717, 1.165) is 32.7 Å². The van der Waals surface area contributed by atoms with Crippen LogP contribution in [0.4, 0.5) is 0 Å². The van der Waals surface area contributed by atoms with Crippen molar-refractivity contribution in [3.05, 3.63) is 30.1 Å². The van der Waals surface area contributed by atoms with Gasteiger partial charge in [0.1, 0.15) is 0 Å². The van der Waals surface area contributed by atoms with Gasteiger partial charge in [-0.05, 0) is 42.7 Å². The van der Waals surface area contributed by atoms with Crippen molar-refractivity contribution in [1.82, 2.24) is 14.8 Å². The Morgan fingerprint density at radius 2 is 1.96 bits per heavy atom. The minimum atomic E-state index is 0. The molecular formula is C18H27ClN4O. The molecule has 5 nitrogen and oxygen atoms in total. The number of amides is 1. The average molecular weight is 351 g/mol. The number of hydrogen-bond donors (Lipinski definition) is 1. The number of piperazine rings is 1. The molecule has 2 heterocycles. The van der Waals surface area contributed by atoms with Gasteiger partial charge in [-0.3, -0.25) is 14.7 Å². The van der Waals surface area contributed by atoms with E-state index >= 15 is 0 Å². The van der Waals surface area contributed by atoms with E-state index in [4.69, 9.17) is 5.73 Å². The van der Waals surface area contributed by atoms with Crippen LogP contribution < -0.4 is 5.73 Å². The minimum Gasteiger partial charge on any atom is -0.340 e. The van der Waals surface area contributed by atoms with Crippen molar-refractivity contribution < 1.29 is 4.79 Å². The predicted molar refractivity (Wildman–Crippen MR) is 95.6 cm³/mol. The molecule has 132 valence electrons. The smallest absolute Gasteiger partial charge is 0.227 e. The maximum atomic E-state index is 12.9. The van der Waals surface area contributed by atoms with Crippen LogP contribution in [0.1, 0.15) is 24.8 Å². The van der Waals surface area contributed by atoms with Gasteiger partial charge in [0.2, 0.25) is 5.91 Å². The summed E-state index contributed by atoms with van der Waals surface area (Å²) < 4.78 is 0. The number of nitrogens with two attached hydrogens (primary N) is 1. The molecule has 1 saturated heterocycles. The summed E-state index contributed by atoms with van der Waals surface area (Å²) in [6.45, 7) is 4.47. The normalized spacial score (nSPS) is 32.6. The molecule has 0 spiro atoms. The maximum Gasteiger partial charge on any atom is 0.227 e. The summed E-state index contributed by atoms with van der Waals surface area (Å²) in [5.41, 5.74) is 7.57. The van der Waals surface area contributed by atoms with Crippen LogP contribution in [0.25, 0.3) is 0 Å². The van der Waals surface area contributed by atoms with Crippen LogP contribution in [0.2, 0.25) is 0 Å². The van der Waals surface area contributed by atoms with Crippen LogP contribution in [0.15, 0.2) is 24.5 Å². The SMILES string of the molecule is Cl.NC1C2CCC(C2)C1C(=O)N1CCN(Cc2cccnc2)CC1. The van der Waals surface area contributed by atoms with Crippen molar-refractivity contribution in [1.29, 1.82) is 0 Å². The number of carbonyl (C=O) groups is 1. The molecule has 3 fully saturated rings. The van der Waals surface area contributed by atoms with Gasteiger partial charge in [0.15, 0.2) is 0 Å². The summed E-state index contributed by atoms with van der Waals surface area (Å²) in [7, 11) is 0. The van der Waals surface area contributed by atoms with Gasteiger partial charge in [0, 0.05) is 51.2 Å². The van der Waals surface area contributed by atoms with E-state index in [9.17, 15) is 4.79 Å². The summed E-state index contributed by atoms with van der Waals surface area (Å²) in [4.78, 5) is 21.5. The molecule has 0 aromatic carbocycles. The molecule has 2 saturated carbocycles. The number of hydrogen-bond acceptors (Lipinski definition) is 4. The van der Waals surface area contributed by atoms with E-state index in [1.165, 1.54) is 24.8 Å². The second kappa shape index (κ2) is 7.38. The van der Waals surface area contributed by atoms with Crippen LogP contribution in [0, 0.1) is 17.8 Å². The van der Waals surface area contributed by atoms with Crippen LogP contribution >= 0.6 is 12.4 Å². The fourth-order valence-corrected chi connectivity index (χ4v) is 4.79. The fraction of sp³-hybridized carbons (Fsp3) is 0.667. The van der Waals surface area contributed by atoms with E-state index in [-0.39, 0.29) is 24.4 Å². The van der Waals surface area contributed by atoms with Gasteiger partial charge >= 0.3 is 0 Å². The predicted octanol–water partition coefficient (Wildman–Crippen LogP) is 1.52. The third-order valence-corrected chi connectivity index (χ3v) is 6.08. The lowest BCUT2D eigenvalue weighted by molar-refractivity contribution is -0.139. The Labute approximate surface area is 150 Å². The Hall–Kier alpha value is -1.17. The molecule has 1 amide bonds. The van der Waals surface area contributed by atoms with Gasteiger partial charge in [0.05, 0.1) is 5.92 Å². The first kappa shape index (κ1) is 17.6. The quantitative estimate of drug-likeness (QED) is 0.897. The Bertz CT molecular complexity index is 559. The topological polar surface area (TPSA) is 62.5 Å². The highest BCUT2D eigenvalue weighted by molar-refractivity contribution is 5.85. The lowest BCUT2D eigenvalue weighted by Crippen LogP contribution is -2.53. The third kappa shape index (κ3) is 3.30. The third-order valence-electron chi connectivity index (χ3n) is 6.08. The molecule has 3 aliphatic rings. The molecule has 4 unspecified atom stereocenters. The monoisotopic (exact) mass is 350 g/mol. The second-order valence-corrected chi connectivity index (χ2v) is 7.40. The Balaban J connectivity index is 0.00000169. The average Bonchev–Trinajstić information content (AvgIpc) is 3.17. The van der Waals surface area contributed by atoms with E-state index in [2.05, 4.69) is 20.9 Å². The first-order valence-electron chi connectivity index (χ1n) is 8.88. The zero-order valence-electron chi connectivity index (χ0n) is 14.0. The first-order valence-corrected chi connectivity index (χ1v) is 8.88. The number of halogens is 1. The van der Waals surface area contributed by atoms with E-state index in [0.29, 0.717) is 17.7 Å². The van der Waals surface area contributed by atoms with Crippen LogP contribution in [-0.2, 0) is 11.3 Å². The van der Waals surface area contributed by atoms with Gasteiger partial charge in [-0.15, -0.1) is 12.4 Å². The highest BCUT2D eigenvalue weighted by Crippen LogP contribution is 2.48. The standard InChI is InChI=1S/C18H26N4O.ClH/c19-17-15-4-3-14(10-15)16(17)18(23)22-8-6-21(7-9-22)12-13-2-1-5-20-11-13;/h1-2,5,11,14-17H,3-4,6-10,12,19H2;1H. The summed E-state index contributed by atoms with van der Waals surface area (Å²) in [6.07, 6.45) is 7.34. The van der Waals surface area contributed by atoms with Crippen molar-refractivity contribution in [2.75, 3.05) is 26.2 Å². The van der Waals surface area contributed by atoms with Crippen LogP contribution in [-0.4, -0.2) is 52.9 Å². The van der Waals surface area contributed by atoms with Crippen molar-refractivity contribution in [3.63, 3.8) is 0 Å². The zero-order valence-corrected chi connectivity index (χ0v) is 14.8. The lowest BCUT2D eigenvalue weighted by Gasteiger charge is -2.38. The van der Waals surface area contributed by atoms with Gasteiger partial charge < -0.3 is 10.6 Å². The van der Waals surface area contributed by atoms with E-state index in [1.54, 1.807) is 6.20 Å². The van der Waals surface area contributed by atoms with Gasteiger partial charge in [-0.2, -0.15) is 0 Å². The van der Waals surface area contributed by atoms with Gasteiger partial charge in [-0.1, -0.05) is 6.07 Å². The van der Waals surface area contributed by atoms with E-state index in [1.807, 2.05) is 12.3 Å². The molecule has 24 heavy (non-hydrogen) atoms. The van der Waals surface area contributed by atoms with Crippen LogP contribution in [0.3, 0.4) is 0 Å². The molecular weight excluding hydrogens is 324 g/mol. The first-order chi connectivity index (χ1) is 11.2. The summed E-state index contributed by atoms with van der Waals surface area (Å²) in [5, 5.41) is 0. The van der Waals surface area contributed by atoms with Gasteiger partial charge in [0.25, 0.3) is 0 Å². The molecule has 1 aromatic rings. The molecule has 4 rings (SSSR count). The Morgan fingerprint density at radius 3 is 2.58 bits per heavy atom. The molecule has 0 radical (unpaired) electrons. The summed E-state index contributed by atoms with van der Waals surface area (Å²) >= 11 is 0.